The van der Waals surface area contributed by atoms with Gasteiger partial charge in [0.2, 0.25) is 5.91 Å². The molecule has 4 heteroatoms. The summed E-state index contributed by atoms with van der Waals surface area (Å²) in [6.07, 6.45) is 1.55. The van der Waals surface area contributed by atoms with Crippen LogP contribution in [0.5, 0.6) is 0 Å². The highest BCUT2D eigenvalue weighted by Crippen LogP contribution is 2.51. The largest absolute Gasteiger partial charge is 0.300 e. The summed E-state index contributed by atoms with van der Waals surface area (Å²) in [6.45, 7) is 0. The number of fused-ring (bicyclic) bond motifs is 2. The molecule has 0 N–H and O–H groups in total. The third-order valence-electron chi connectivity index (χ3n) is 2.28. The maximum absolute atomic E-state index is 10.9. The Balaban J connectivity index is 2.03. The van der Waals surface area contributed by atoms with Crippen LogP contribution in [-0.2, 0) is 15.6 Å². The van der Waals surface area contributed by atoms with Crippen molar-refractivity contribution < 1.29 is 9.00 Å². The smallest absolute Gasteiger partial charge is 0.229 e. The second-order valence-corrected chi connectivity index (χ2v) is 4.24. The van der Waals surface area contributed by atoms with Crippen LogP contribution in [0.15, 0.2) is 9.93 Å². The zero-order valence-electron chi connectivity index (χ0n) is 5.16. The summed E-state index contributed by atoms with van der Waals surface area (Å²) in [5.74, 6) is 0.154. The second kappa shape index (κ2) is 1.21. The van der Waals surface area contributed by atoms with Crippen LogP contribution in [0, 0.1) is 0 Å². The van der Waals surface area contributed by atoms with Gasteiger partial charge in [-0.25, -0.2) is 4.21 Å². The van der Waals surface area contributed by atoms with Crippen molar-refractivity contribution in [3.8, 4) is 0 Å². The van der Waals surface area contributed by atoms with Crippen LogP contribution in [0.25, 0.3) is 0 Å². The molecule has 3 rings (SSSR count). The number of rotatable bonds is 0. The monoisotopic (exact) mass is 155 g/mol. The molecule has 1 unspecified atom stereocenters. The van der Waals surface area contributed by atoms with Crippen molar-refractivity contribution in [3.63, 3.8) is 0 Å². The van der Waals surface area contributed by atoms with Crippen LogP contribution in [0.1, 0.15) is 12.8 Å². The van der Waals surface area contributed by atoms with Crippen LogP contribution in [0.2, 0.25) is 0 Å². The van der Waals surface area contributed by atoms with Crippen molar-refractivity contribution >= 4 is 16.7 Å². The average Bonchev–Trinajstić information content (AvgIpc) is 2.42. The van der Waals surface area contributed by atoms with Gasteiger partial charge < -0.3 is 0 Å². The zero-order valence-corrected chi connectivity index (χ0v) is 5.98. The average molecular weight is 155 g/mol. The quantitative estimate of drug-likeness (QED) is 0.459. The molecule has 0 aliphatic carbocycles. The predicted octanol–water partition coefficient (Wildman–Crippen LogP) is -0.0776. The summed E-state index contributed by atoms with van der Waals surface area (Å²) in [6, 6.07) is 0.398. The van der Waals surface area contributed by atoms with Crippen molar-refractivity contribution in [3.05, 3.63) is 9.93 Å². The molecule has 0 saturated carbocycles. The van der Waals surface area contributed by atoms with E-state index in [0.29, 0.717) is 12.5 Å². The molecule has 1 saturated heterocycles. The SMILES string of the molecule is O=C1C[C@H]2CC3=C(N12)S3=O. The van der Waals surface area contributed by atoms with Crippen LogP contribution >= 0.6 is 0 Å². The van der Waals surface area contributed by atoms with Crippen molar-refractivity contribution in [1.29, 1.82) is 0 Å². The van der Waals surface area contributed by atoms with E-state index in [-0.39, 0.29) is 5.91 Å². The van der Waals surface area contributed by atoms with Crippen molar-refractivity contribution in [2.75, 3.05) is 0 Å². The number of amides is 1. The molecule has 0 radical (unpaired) electrons. The molecule has 3 aliphatic rings. The minimum atomic E-state index is -0.839. The third-order valence-corrected chi connectivity index (χ3v) is 3.68. The standard InChI is InChI=1S/C6H5NO2S/c8-5-2-3-1-4-6(7(3)5)10(4)9/h3H,1-2H2/t3-,10?/m1/s1. The van der Waals surface area contributed by atoms with E-state index in [0.717, 1.165) is 16.4 Å². The van der Waals surface area contributed by atoms with Gasteiger partial charge in [0.25, 0.3) is 0 Å². The Labute approximate surface area is 60.2 Å². The maximum Gasteiger partial charge on any atom is 0.229 e. The van der Waals surface area contributed by atoms with E-state index in [1.165, 1.54) is 0 Å². The molecule has 3 nitrogen and oxygen atoms in total. The first kappa shape index (κ1) is 5.07. The predicted molar refractivity (Wildman–Crippen MR) is 35.0 cm³/mol. The van der Waals surface area contributed by atoms with Gasteiger partial charge >= 0.3 is 0 Å². The summed E-state index contributed by atoms with van der Waals surface area (Å²) in [5, 5.41) is 0.834. The van der Waals surface area contributed by atoms with Gasteiger partial charge in [-0.1, -0.05) is 0 Å². The molecule has 0 bridgehead atoms. The molecule has 1 fully saturated rings. The number of nitrogens with zero attached hydrogens (tertiary/aromatic N) is 1. The summed E-state index contributed by atoms with van der Waals surface area (Å²) >= 11 is 0. The van der Waals surface area contributed by atoms with Gasteiger partial charge in [0.05, 0.1) is 10.9 Å². The highest BCUT2D eigenvalue weighted by molar-refractivity contribution is 7.99. The van der Waals surface area contributed by atoms with E-state index in [2.05, 4.69) is 0 Å². The van der Waals surface area contributed by atoms with Gasteiger partial charge in [0.15, 0.2) is 0 Å². The number of carbonyl (C=O) groups excluding carboxylic acids is 1. The maximum atomic E-state index is 10.9. The Bertz CT molecular complexity index is 307. The number of carbonyl (C=O) groups is 1. The normalized spacial score (nSPS) is 41.2. The first-order valence-electron chi connectivity index (χ1n) is 3.26. The Morgan fingerprint density at radius 1 is 1.50 bits per heavy atom. The third kappa shape index (κ3) is 0.345. The highest BCUT2D eigenvalue weighted by Gasteiger charge is 2.56. The highest BCUT2D eigenvalue weighted by atomic mass is 32.2. The van der Waals surface area contributed by atoms with Crippen LogP contribution in [0.4, 0.5) is 0 Å². The van der Waals surface area contributed by atoms with Crippen molar-refractivity contribution in [2.45, 2.75) is 18.9 Å². The summed E-state index contributed by atoms with van der Waals surface area (Å²) in [7, 11) is -0.839. The molecule has 0 aromatic carbocycles. The molecule has 3 aliphatic heterocycles. The first-order valence-corrected chi connectivity index (χ1v) is 4.41. The Kier molecular flexibility index (Phi) is 0.612. The van der Waals surface area contributed by atoms with E-state index < -0.39 is 10.8 Å². The molecule has 52 valence electrons. The fourth-order valence-corrected chi connectivity index (χ4v) is 3.05. The molecule has 1 amide bonds. The number of hydrogen-bond acceptors (Lipinski definition) is 2. The van der Waals surface area contributed by atoms with Gasteiger partial charge in [-0.2, -0.15) is 0 Å². The van der Waals surface area contributed by atoms with E-state index in [9.17, 15) is 9.00 Å². The van der Waals surface area contributed by atoms with E-state index >= 15 is 0 Å². The molecule has 10 heavy (non-hydrogen) atoms. The van der Waals surface area contributed by atoms with Crippen LogP contribution in [0.3, 0.4) is 0 Å². The lowest BCUT2D eigenvalue weighted by Crippen LogP contribution is -2.48. The van der Waals surface area contributed by atoms with E-state index in [4.69, 9.17) is 0 Å². The van der Waals surface area contributed by atoms with Gasteiger partial charge in [0, 0.05) is 12.8 Å². The molecule has 0 aromatic heterocycles. The van der Waals surface area contributed by atoms with Gasteiger partial charge in [-0.3, -0.25) is 9.69 Å². The molecule has 2 atom stereocenters. The van der Waals surface area contributed by atoms with Gasteiger partial charge in [-0.05, 0) is 0 Å². The first-order chi connectivity index (χ1) is 4.79. The summed E-state index contributed by atoms with van der Waals surface area (Å²) in [5.41, 5.74) is 0. The van der Waals surface area contributed by atoms with Crippen molar-refractivity contribution in [2.24, 2.45) is 0 Å². The lowest BCUT2D eigenvalue weighted by atomic mass is 10.0. The Hall–Kier alpha value is -0.640. The minimum absolute atomic E-state index is 0.154. The van der Waals surface area contributed by atoms with Crippen molar-refractivity contribution in [1.82, 2.24) is 4.90 Å². The Morgan fingerprint density at radius 3 is 2.90 bits per heavy atom. The van der Waals surface area contributed by atoms with Gasteiger partial charge in [0.1, 0.15) is 15.8 Å². The number of β-lactam (4-membered cyclic amide) rings is 1. The summed E-state index contributed by atoms with van der Waals surface area (Å²) < 4.78 is 10.9. The topological polar surface area (TPSA) is 37.4 Å². The van der Waals surface area contributed by atoms with Gasteiger partial charge in [-0.15, -0.1) is 0 Å². The fraction of sp³-hybridized carbons (Fsp3) is 0.500. The van der Waals surface area contributed by atoms with Crippen LogP contribution < -0.4 is 0 Å². The minimum Gasteiger partial charge on any atom is -0.300 e. The molecular weight excluding hydrogens is 150 g/mol. The number of hydrogen-bond donors (Lipinski definition) is 0. The van der Waals surface area contributed by atoms with E-state index in [1.807, 2.05) is 0 Å². The molecule has 3 heterocycles. The van der Waals surface area contributed by atoms with E-state index in [1.54, 1.807) is 4.90 Å². The lowest BCUT2D eigenvalue weighted by Gasteiger charge is -2.35. The zero-order chi connectivity index (χ0) is 6.88. The molecule has 0 spiro atoms. The lowest BCUT2D eigenvalue weighted by molar-refractivity contribution is -0.140. The molecular formula is C6H5NO2S. The Morgan fingerprint density at radius 2 is 2.30 bits per heavy atom. The fourth-order valence-electron chi connectivity index (χ4n) is 1.68. The van der Waals surface area contributed by atoms with Crippen LogP contribution in [-0.4, -0.2) is 21.1 Å². The second-order valence-electron chi connectivity index (χ2n) is 2.82. The summed E-state index contributed by atoms with van der Waals surface area (Å²) in [4.78, 5) is 13.6. The molecule has 0 aromatic rings.